The summed E-state index contributed by atoms with van der Waals surface area (Å²) in [6, 6.07) is 21.3. The van der Waals surface area contributed by atoms with Gasteiger partial charge in [-0.05, 0) is 54.6 Å². The van der Waals surface area contributed by atoms with Crippen LogP contribution < -0.4 is 15.0 Å². The molecule has 1 heterocycles. The summed E-state index contributed by atoms with van der Waals surface area (Å²) in [6.45, 7) is 0.638. The highest BCUT2D eigenvalue weighted by Gasteiger charge is 2.07. The molecule has 0 saturated carbocycles. The molecule has 0 unspecified atom stereocenters. The van der Waals surface area contributed by atoms with Crippen molar-refractivity contribution in [1.29, 1.82) is 0 Å². The molecule has 0 spiro atoms. The number of nitrogens with one attached hydrogen (secondary N) is 1. The highest BCUT2D eigenvalue weighted by Crippen LogP contribution is 2.20. The zero-order valence-electron chi connectivity index (χ0n) is 16.8. The van der Waals surface area contributed by atoms with Gasteiger partial charge in [-0.25, -0.2) is 9.78 Å². The summed E-state index contributed by atoms with van der Waals surface area (Å²) >= 11 is 0. The van der Waals surface area contributed by atoms with Gasteiger partial charge in [-0.1, -0.05) is 18.2 Å². The summed E-state index contributed by atoms with van der Waals surface area (Å²) in [5, 5.41) is 0.559. The van der Waals surface area contributed by atoms with Gasteiger partial charge in [0.2, 0.25) is 0 Å². The van der Waals surface area contributed by atoms with E-state index >= 15 is 0 Å². The predicted molar refractivity (Wildman–Crippen MR) is 117 cm³/mol. The fraction of sp³-hybridized carbons (Fsp3) is 0.125. The molecule has 156 valence electrons. The lowest BCUT2D eigenvalue weighted by Gasteiger charge is -2.10. The Bertz CT molecular complexity index is 1260. The number of para-hydroxylation sites is 1. The number of carbonyl (C=O) groups is 1. The summed E-state index contributed by atoms with van der Waals surface area (Å²) in [5.41, 5.74) is 1.69. The number of aromatic amines is 1. The van der Waals surface area contributed by atoms with Gasteiger partial charge in [0.05, 0.1) is 23.6 Å². The Hall–Kier alpha value is -4.13. The van der Waals surface area contributed by atoms with Crippen molar-refractivity contribution < 1.29 is 19.0 Å². The van der Waals surface area contributed by atoms with Gasteiger partial charge in [-0.15, -0.1) is 0 Å². The zero-order valence-corrected chi connectivity index (χ0v) is 16.8. The monoisotopic (exact) mass is 416 g/mol. The van der Waals surface area contributed by atoms with Gasteiger partial charge in [0.25, 0.3) is 5.56 Å². The third kappa shape index (κ3) is 4.72. The molecule has 1 aromatic heterocycles. The molecule has 0 aliphatic rings. The van der Waals surface area contributed by atoms with Crippen LogP contribution in [0.3, 0.4) is 0 Å². The molecule has 1 N–H and O–H groups in total. The lowest BCUT2D eigenvalue weighted by atomic mass is 10.2. The van der Waals surface area contributed by atoms with Crippen LogP contribution >= 0.6 is 0 Å². The van der Waals surface area contributed by atoms with E-state index in [1.165, 1.54) is 7.11 Å². The van der Waals surface area contributed by atoms with Crippen molar-refractivity contribution in [3.8, 4) is 22.9 Å². The fourth-order valence-electron chi connectivity index (χ4n) is 3.08. The molecule has 0 amide bonds. The number of hydrogen-bond acceptors (Lipinski definition) is 6. The first-order valence-corrected chi connectivity index (χ1v) is 9.67. The summed E-state index contributed by atoms with van der Waals surface area (Å²) in [6.07, 6.45) is 0. The Morgan fingerprint density at radius 3 is 2.42 bits per heavy atom. The van der Waals surface area contributed by atoms with E-state index in [1.807, 2.05) is 42.5 Å². The van der Waals surface area contributed by atoms with Crippen LogP contribution in [0.25, 0.3) is 22.3 Å². The van der Waals surface area contributed by atoms with Crippen LogP contribution in [0.4, 0.5) is 0 Å². The van der Waals surface area contributed by atoms with Crippen molar-refractivity contribution in [1.82, 2.24) is 9.97 Å². The molecule has 0 aliphatic carbocycles. The van der Waals surface area contributed by atoms with E-state index in [0.29, 0.717) is 47.0 Å². The normalized spacial score (nSPS) is 10.6. The van der Waals surface area contributed by atoms with Crippen molar-refractivity contribution in [2.75, 3.05) is 20.3 Å². The molecular formula is C24H20N2O5. The van der Waals surface area contributed by atoms with Crippen LogP contribution in [0.1, 0.15) is 10.4 Å². The zero-order chi connectivity index (χ0) is 21.6. The summed E-state index contributed by atoms with van der Waals surface area (Å²) in [4.78, 5) is 31.1. The molecule has 31 heavy (non-hydrogen) atoms. The molecule has 0 aliphatic heterocycles. The maximum Gasteiger partial charge on any atom is 0.337 e. The number of ether oxygens (including phenoxy) is 3. The molecule has 7 nitrogen and oxygen atoms in total. The number of benzene rings is 3. The third-order valence-corrected chi connectivity index (χ3v) is 4.62. The molecule has 0 bridgehead atoms. The molecule has 0 radical (unpaired) electrons. The van der Waals surface area contributed by atoms with E-state index in [2.05, 4.69) is 9.97 Å². The van der Waals surface area contributed by atoms with E-state index < -0.39 is 5.97 Å². The number of carbonyl (C=O) groups excluding carboxylic acids is 1. The highest BCUT2D eigenvalue weighted by atomic mass is 16.5. The standard InChI is InChI=1S/C24H20N2O5/c1-29-24(28)17-5-4-6-19(15-17)31-14-13-30-18-11-9-16(10-12-18)22-25-21-8-3-2-7-20(21)23(27)26-22/h2-12,15H,13-14H2,1H3,(H,25,26,27). The molecular weight excluding hydrogens is 396 g/mol. The van der Waals surface area contributed by atoms with Gasteiger partial charge in [-0.2, -0.15) is 0 Å². The average Bonchev–Trinajstić information content (AvgIpc) is 2.82. The molecule has 0 fully saturated rings. The molecule has 7 heteroatoms. The SMILES string of the molecule is COC(=O)c1cccc(OCCOc2ccc(-c3nc4ccccc4c(=O)[nH]3)cc2)c1. The summed E-state index contributed by atoms with van der Waals surface area (Å²) in [5.74, 6) is 1.32. The van der Waals surface area contributed by atoms with Gasteiger partial charge in [0, 0.05) is 5.56 Å². The number of aromatic nitrogens is 2. The summed E-state index contributed by atoms with van der Waals surface area (Å²) in [7, 11) is 1.34. The second kappa shape index (κ2) is 9.13. The number of methoxy groups -OCH3 is 1. The molecule has 4 aromatic rings. The minimum Gasteiger partial charge on any atom is -0.490 e. The number of nitrogens with zero attached hydrogens (tertiary/aromatic N) is 1. The lowest BCUT2D eigenvalue weighted by molar-refractivity contribution is 0.0600. The maximum atomic E-state index is 12.2. The molecule has 3 aromatic carbocycles. The second-order valence-corrected chi connectivity index (χ2v) is 6.67. The predicted octanol–water partition coefficient (Wildman–Crippen LogP) is 3.83. The number of H-pyrrole nitrogens is 1. The highest BCUT2D eigenvalue weighted by molar-refractivity contribution is 5.89. The Labute approximate surface area is 178 Å². The minimum atomic E-state index is -0.413. The number of hydrogen-bond donors (Lipinski definition) is 1. The van der Waals surface area contributed by atoms with Crippen LogP contribution in [0.2, 0.25) is 0 Å². The fourth-order valence-corrected chi connectivity index (χ4v) is 3.08. The topological polar surface area (TPSA) is 90.5 Å². The van der Waals surface area contributed by atoms with Crippen molar-refractivity contribution in [3.05, 3.63) is 88.7 Å². The van der Waals surface area contributed by atoms with Gasteiger partial charge in [-0.3, -0.25) is 4.79 Å². The Balaban J connectivity index is 1.35. The van der Waals surface area contributed by atoms with E-state index in [9.17, 15) is 9.59 Å². The number of fused-ring (bicyclic) bond motifs is 1. The Morgan fingerprint density at radius 1 is 0.903 bits per heavy atom. The maximum absolute atomic E-state index is 12.2. The van der Waals surface area contributed by atoms with Gasteiger partial charge in [0.1, 0.15) is 30.5 Å². The van der Waals surface area contributed by atoms with Crippen molar-refractivity contribution in [2.45, 2.75) is 0 Å². The first-order valence-electron chi connectivity index (χ1n) is 9.67. The number of rotatable bonds is 7. The third-order valence-electron chi connectivity index (χ3n) is 4.62. The Morgan fingerprint density at radius 2 is 1.65 bits per heavy atom. The molecule has 4 rings (SSSR count). The van der Waals surface area contributed by atoms with Gasteiger partial charge < -0.3 is 19.2 Å². The van der Waals surface area contributed by atoms with Crippen LogP contribution in [0, 0.1) is 0 Å². The van der Waals surface area contributed by atoms with Crippen molar-refractivity contribution in [2.24, 2.45) is 0 Å². The number of esters is 1. The van der Waals surface area contributed by atoms with Crippen LogP contribution in [-0.4, -0.2) is 36.3 Å². The first-order chi connectivity index (χ1) is 15.1. The van der Waals surface area contributed by atoms with E-state index in [1.54, 1.807) is 30.3 Å². The van der Waals surface area contributed by atoms with Crippen molar-refractivity contribution >= 4 is 16.9 Å². The lowest BCUT2D eigenvalue weighted by Crippen LogP contribution is -2.10. The minimum absolute atomic E-state index is 0.172. The quantitative estimate of drug-likeness (QED) is 0.364. The Kier molecular flexibility index (Phi) is 5.93. The van der Waals surface area contributed by atoms with Crippen LogP contribution in [-0.2, 0) is 4.74 Å². The van der Waals surface area contributed by atoms with Crippen molar-refractivity contribution in [3.63, 3.8) is 0 Å². The van der Waals surface area contributed by atoms with Gasteiger partial charge in [0.15, 0.2) is 0 Å². The summed E-state index contributed by atoms with van der Waals surface area (Å²) < 4.78 is 16.0. The van der Waals surface area contributed by atoms with Crippen LogP contribution in [0.5, 0.6) is 11.5 Å². The first kappa shape index (κ1) is 20.2. The average molecular weight is 416 g/mol. The largest absolute Gasteiger partial charge is 0.490 e. The molecule has 0 saturated heterocycles. The molecule has 0 atom stereocenters. The smallest absolute Gasteiger partial charge is 0.337 e. The van der Waals surface area contributed by atoms with E-state index in [-0.39, 0.29) is 5.56 Å². The van der Waals surface area contributed by atoms with E-state index in [4.69, 9.17) is 14.2 Å². The second-order valence-electron chi connectivity index (χ2n) is 6.67. The van der Waals surface area contributed by atoms with Gasteiger partial charge >= 0.3 is 5.97 Å². The van der Waals surface area contributed by atoms with E-state index in [0.717, 1.165) is 5.56 Å². The van der Waals surface area contributed by atoms with Crippen LogP contribution in [0.15, 0.2) is 77.6 Å².